The van der Waals surface area contributed by atoms with Crippen LogP contribution in [0.2, 0.25) is 15.1 Å². The molecule has 7 heteroatoms. The van der Waals surface area contributed by atoms with Gasteiger partial charge in [0.15, 0.2) is 0 Å². The van der Waals surface area contributed by atoms with Crippen molar-refractivity contribution in [2.75, 3.05) is 17.2 Å². The zero-order chi connectivity index (χ0) is 13.8. The van der Waals surface area contributed by atoms with E-state index in [0.717, 1.165) is 12.4 Å². The third kappa shape index (κ3) is 3.62. The van der Waals surface area contributed by atoms with Crippen LogP contribution in [-0.2, 0) is 0 Å². The molecule has 2 aromatic rings. The van der Waals surface area contributed by atoms with Gasteiger partial charge in [0, 0.05) is 12.6 Å². The lowest BCUT2D eigenvalue weighted by molar-refractivity contribution is 1.11. The second kappa shape index (κ2) is 6.28. The second-order valence-electron chi connectivity index (χ2n) is 3.69. The zero-order valence-corrected chi connectivity index (χ0v) is 12.3. The fraction of sp³-hybridized carbons (Fsp3) is 0.167. The molecule has 0 bridgehead atoms. The van der Waals surface area contributed by atoms with E-state index in [2.05, 4.69) is 20.6 Å². The summed E-state index contributed by atoms with van der Waals surface area (Å²) in [5, 5.41) is 7.48. The van der Waals surface area contributed by atoms with Gasteiger partial charge in [-0.3, -0.25) is 0 Å². The minimum atomic E-state index is 0.410. The number of nitrogens with one attached hydrogen (secondary N) is 2. The van der Waals surface area contributed by atoms with Gasteiger partial charge >= 0.3 is 0 Å². The minimum Gasteiger partial charge on any atom is -0.370 e. The van der Waals surface area contributed by atoms with Crippen LogP contribution in [0, 0.1) is 0 Å². The maximum absolute atomic E-state index is 6.09. The summed E-state index contributed by atoms with van der Waals surface area (Å²) in [6, 6.07) is 5.02. The van der Waals surface area contributed by atoms with Gasteiger partial charge in [-0.2, -0.15) is 0 Å². The first-order valence-corrected chi connectivity index (χ1v) is 6.71. The molecule has 0 aliphatic carbocycles. The lowest BCUT2D eigenvalue weighted by Gasteiger charge is -2.10. The Morgan fingerprint density at radius 3 is 2.37 bits per heavy atom. The minimum absolute atomic E-state index is 0.410. The Bertz CT molecular complexity index is 589. The van der Waals surface area contributed by atoms with Crippen LogP contribution >= 0.6 is 34.8 Å². The smallest absolute Gasteiger partial charge is 0.135 e. The lowest BCUT2D eigenvalue weighted by Crippen LogP contribution is -2.01. The fourth-order valence-corrected chi connectivity index (χ4v) is 2.05. The van der Waals surface area contributed by atoms with Crippen LogP contribution in [0.3, 0.4) is 0 Å². The van der Waals surface area contributed by atoms with E-state index in [-0.39, 0.29) is 0 Å². The van der Waals surface area contributed by atoms with Gasteiger partial charge in [0.2, 0.25) is 0 Å². The summed E-state index contributed by atoms with van der Waals surface area (Å²) in [5.74, 6) is 1.35. The van der Waals surface area contributed by atoms with E-state index in [4.69, 9.17) is 34.8 Å². The van der Waals surface area contributed by atoms with Gasteiger partial charge in [0.1, 0.15) is 18.0 Å². The van der Waals surface area contributed by atoms with E-state index >= 15 is 0 Å². The molecule has 1 aromatic heterocycles. The molecule has 0 amide bonds. The van der Waals surface area contributed by atoms with Crippen molar-refractivity contribution in [2.24, 2.45) is 0 Å². The highest BCUT2D eigenvalue weighted by Crippen LogP contribution is 2.33. The van der Waals surface area contributed by atoms with Crippen LogP contribution in [0.25, 0.3) is 0 Å². The Balaban J connectivity index is 2.25. The summed E-state index contributed by atoms with van der Waals surface area (Å²) in [5.41, 5.74) is 0.636. The average molecular weight is 318 g/mol. The van der Waals surface area contributed by atoms with Crippen molar-refractivity contribution >= 4 is 52.1 Å². The number of hydrogen-bond donors (Lipinski definition) is 2. The molecule has 19 heavy (non-hydrogen) atoms. The molecule has 0 spiro atoms. The maximum atomic E-state index is 6.09. The molecule has 0 saturated heterocycles. The Kier molecular flexibility index (Phi) is 4.69. The van der Waals surface area contributed by atoms with E-state index in [1.807, 2.05) is 6.92 Å². The molecule has 2 rings (SSSR count). The van der Waals surface area contributed by atoms with Crippen molar-refractivity contribution < 1.29 is 0 Å². The Hall–Kier alpha value is -1.23. The van der Waals surface area contributed by atoms with Gasteiger partial charge in [-0.1, -0.05) is 34.8 Å². The van der Waals surface area contributed by atoms with Crippen LogP contribution < -0.4 is 10.6 Å². The van der Waals surface area contributed by atoms with Crippen LogP contribution in [0.1, 0.15) is 6.92 Å². The molecule has 1 aromatic carbocycles. The van der Waals surface area contributed by atoms with Crippen molar-refractivity contribution in [3.05, 3.63) is 39.6 Å². The van der Waals surface area contributed by atoms with Gasteiger partial charge in [0.05, 0.1) is 20.8 Å². The molecular formula is C12H11Cl3N4. The quantitative estimate of drug-likeness (QED) is 0.808. The SMILES string of the molecule is CCNc1cc(Nc2cc(Cl)c(Cl)cc2Cl)ncn1. The van der Waals surface area contributed by atoms with Crippen LogP contribution in [0.15, 0.2) is 24.5 Å². The molecule has 0 fully saturated rings. The molecule has 0 atom stereocenters. The number of hydrogen-bond acceptors (Lipinski definition) is 4. The summed E-state index contributed by atoms with van der Waals surface area (Å²) >= 11 is 17.9. The van der Waals surface area contributed by atoms with Crippen LogP contribution in [-0.4, -0.2) is 16.5 Å². The van der Waals surface area contributed by atoms with Crippen molar-refractivity contribution in [1.29, 1.82) is 0 Å². The van der Waals surface area contributed by atoms with Gasteiger partial charge in [-0.15, -0.1) is 0 Å². The van der Waals surface area contributed by atoms with Gasteiger partial charge in [-0.05, 0) is 19.1 Å². The van der Waals surface area contributed by atoms with Gasteiger partial charge < -0.3 is 10.6 Å². The average Bonchev–Trinajstić information content (AvgIpc) is 2.37. The highest BCUT2D eigenvalue weighted by molar-refractivity contribution is 6.44. The standard InChI is InChI=1S/C12H11Cl3N4/c1-2-16-11-5-12(18-6-17-11)19-10-4-8(14)7(13)3-9(10)15/h3-6H,2H2,1H3,(H2,16,17,18,19). The summed E-state index contributed by atoms with van der Waals surface area (Å²) < 4.78 is 0. The van der Waals surface area contributed by atoms with Crippen molar-refractivity contribution in [2.45, 2.75) is 6.92 Å². The maximum Gasteiger partial charge on any atom is 0.135 e. The first-order chi connectivity index (χ1) is 9.10. The topological polar surface area (TPSA) is 49.8 Å². The van der Waals surface area contributed by atoms with E-state index in [1.165, 1.54) is 6.33 Å². The highest BCUT2D eigenvalue weighted by Gasteiger charge is 2.07. The molecule has 2 N–H and O–H groups in total. The summed E-state index contributed by atoms with van der Waals surface area (Å²) in [4.78, 5) is 8.20. The number of anilines is 3. The number of benzene rings is 1. The summed E-state index contributed by atoms with van der Waals surface area (Å²) in [6.45, 7) is 2.77. The monoisotopic (exact) mass is 316 g/mol. The molecule has 0 unspecified atom stereocenters. The van der Waals surface area contributed by atoms with E-state index in [0.29, 0.717) is 26.6 Å². The number of rotatable bonds is 4. The zero-order valence-electron chi connectivity index (χ0n) is 10.0. The number of aromatic nitrogens is 2. The molecule has 100 valence electrons. The predicted molar refractivity (Wildman–Crippen MR) is 81.0 cm³/mol. The predicted octanol–water partition coefficient (Wildman–Crippen LogP) is 4.61. The molecule has 1 heterocycles. The normalized spacial score (nSPS) is 10.3. The largest absolute Gasteiger partial charge is 0.370 e. The molecule has 0 radical (unpaired) electrons. The van der Waals surface area contributed by atoms with E-state index in [9.17, 15) is 0 Å². The summed E-state index contributed by atoms with van der Waals surface area (Å²) in [6.07, 6.45) is 1.46. The second-order valence-corrected chi connectivity index (χ2v) is 4.91. The fourth-order valence-electron chi connectivity index (χ4n) is 1.46. The van der Waals surface area contributed by atoms with Gasteiger partial charge in [-0.25, -0.2) is 9.97 Å². The number of nitrogens with zero attached hydrogens (tertiary/aromatic N) is 2. The Morgan fingerprint density at radius 1 is 0.947 bits per heavy atom. The third-order valence-electron chi connectivity index (χ3n) is 2.30. The Morgan fingerprint density at radius 2 is 1.63 bits per heavy atom. The first kappa shape index (κ1) is 14.2. The molecule has 0 aliphatic rings. The van der Waals surface area contributed by atoms with Gasteiger partial charge in [0.25, 0.3) is 0 Å². The number of halogens is 3. The van der Waals surface area contributed by atoms with Crippen molar-refractivity contribution in [3.63, 3.8) is 0 Å². The summed E-state index contributed by atoms with van der Waals surface area (Å²) in [7, 11) is 0. The molecule has 0 saturated carbocycles. The lowest BCUT2D eigenvalue weighted by atomic mass is 10.3. The van der Waals surface area contributed by atoms with Crippen LogP contribution in [0.5, 0.6) is 0 Å². The highest BCUT2D eigenvalue weighted by atomic mass is 35.5. The molecule has 4 nitrogen and oxygen atoms in total. The third-order valence-corrected chi connectivity index (χ3v) is 3.33. The molecular weight excluding hydrogens is 307 g/mol. The first-order valence-electron chi connectivity index (χ1n) is 5.57. The van der Waals surface area contributed by atoms with Crippen molar-refractivity contribution in [3.8, 4) is 0 Å². The molecule has 0 aliphatic heterocycles. The Labute approximate surface area is 126 Å². The van der Waals surface area contributed by atoms with Crippen LogP contribution in [0.4, 0.5) is 17.3 Å². The van der Waals surface area contributed by atoms with Crippen molar-refractivity contribution in [1.82, 2.24) is 9.97 Å². The van der Waals surface area contributed by atoms with E-state index in [1.54, 1.807) is 18.2 Å². The van der Waals surface area contributed by atoms with E-state index < -0.39 is 0 Å².